The summed E-state index contributed by atoms with van der Waals surface area (Å²) in [5.41, 5.74) is -0.846. The molecule has 0 spiro atoms. The molecular formula is C16H27NO4. The summed E-state index contributed by atoms with van der Waals surface area (Å²) in [7, 11) is 0. The first-order valence-electron chi connectivity index (χ1n) is 8.19. The van der Waals surface area contributed by atoms with Gasteiger partial charge in [0.15, 0.2) is 0 Å². The molecule has 1 saturated heterocycles. The van der Waals surface area contributed by atoms with Crippen molar-refractivity contribution in [1.29, 1.82) is 0 Å². The highest BCUT2D eigenvalue weighted by Crippen LogP contribution is 2.39. The highest BCUT2D eigenvalue weighted by Gasteiger charge is 2.41. The predicted molar refractivity (Wildman–Crippen MR) is 78.8 cm³/mol. The number of aliphatic carboxylic acids is 1. The van der Waals surface area contributed by atoms with Crippen LogP contribution in [0.1, 0.15) is 57.8 Å². The predicted octanol–water partition coefficient (Wildman–Crippen LogP) is 2.03. The Kier molecular flexibility index (Phi) is 5.62. The van der Waals surface area contributed by atoms with Crippen LogP contribution in [0.2, 0.25) is 0 Å². The fourth-order valence-corrected chi connectivity index (χ4v) is 3.64. The van der Waals surface area contributed by atoms with E-state index in [4.69, 9.17) is 5.11 Å². The average Bonchev–Trinajstić information content (AvgIpc) is 2.74. The zero-order valence-corrected chi connectivity index (χ0v) is 12.7. The Morgan fingerprint density at radius 3 is 2.10 bits per heavy atom. The quantitative estimate of drug-likeness (QED) is 0.778. The Hall–Kier alpha value is -1.10. The van der Waals surface area contributed by atoms with E-state index in [9.17, 15) is 14.7 Å². The van der Waals surface area contributed by atoms with E-state index in [1.54, 1.807) is 4.90 Å². The van der Waals surface area contributed by atoms with E-state index in [1.807, 2.05) is 0 Å². The molecule has 5 heteroatoms. The summed E-state index contributed by atoms with van der Waals surface area (Å²) in [5, 5.41) is 18.8. The van der Waals surface area contributed by atoms with Gasteiger partial charge in [0.25, 0.3) is 0 Å². The number of carboxylic acids is 1. The number of carbonyl (C=O) groups excluding carboxylic acids is 1. The molecule has 2 rings (SSSR count). The summed E-state index contributed by atoms with van der Waals surface area (Å²) in [6.45, 7) is 1.49. The molecule has 2 N–H and O–H groups in total. The SMILES string of the molecule is O=C(CC1(C(=O)O)CCCCCC1)N1CCC(CO)CC1. The van der Waals surface area contributed by atoms with Gasteiger partial charge in [-0.1, -0.05) is 25.7 Å². The molecule has 120 valence electrons. The van der Waals surface area contributed by atoms with Crippen molar-refractivity contribution >= 4 is 11.9 Å². The number of amides is 1. The lowest BCUT2D eigenvalue weighted by atomic mass is 9.77. The number of piperidine rings is 1. The second-order valence-corrected chi connectivity index (χ2v) is 6.68. The highest BCUT2D eigenvalue weighted by molar-refractivity contribution is 5.85. The van der Waals surface area contributed by atoms with E-state index in [-0.39, 0.29) is 18.9 Å². The van der Waals surface area contributed by atoms with Crippen LogP contribution in [0.25, 0.3) is 0 Å². The molecule has 1 heterocycles. The van der Waals surface area contributed by atoms with Crippen molar-refractivity contribution in [3.63, 3.8) is 0 Å². The maximum atomic E-state index is 12.5. The largest absolute Gasteiger partial charge is 0.481 e. The minimum atomic E-state index is -0.846. The van der Waals surface area contributed by atoms with Crippen LogP contribution in [0.4, 0.5) is 0 Å². The van der Waals surface area contributed by atoms with Gasteiger partial charge in [0, 0.05) is 26.1 Å². The van der Waals surface area contributed by atoms with Crippen molar-refractivity contribution in [3.05, 3.63) is 0 Å². The van der Waals surface area contributed by atoms with E-state index in [1.165, 1.54) is 0 Å². The number of aliphatic hydroxyl groups excluding tert-OH is 1. The number of carboxylic acid groups (broad SMARTS) is 1. The van der Waals surface area contributed by atoms with Crippen LogP contribution in [0.15, 0.2) is 0 Å². The highest BCUT2D eigenvalue weighted by atomic mass is 16.4. The van der Waals surface area contributed by atoms with Crippen LogP contribution in [0, 0.1) is 11.3 Å². The van der Waals surface area contributed by atoms with Crippen LogP contribution in [0.3, 0.4) is 0 Å². The lowest BCUT2D eigenvalue weighted by molar-refractivity contribution is -0.155. The topological polar surface area (TPSA) is 77.8 Å². The van der Waals surface area contributed by atoms with Gasteiger partial charge >= 0.3 is 5.97 Å². The molecule has 0 aromatic carbocycles. The number of likely N-dealkylation sites (tertiary alicyclic amines) is 1. The summed E-state index contributed by atoms with van der Waals surface area (Å²) >= 11 is 0. The Labute approximate surface area is 126 Å². The van der Waals surface area contributed by atoms with Gasteiger partial charge in [0.2, 0.25) is 5.91 Å². The maximum absolute atomic E-state index is 12.5. The smallest absolute Gasteiger partial charge is 0.310 e. The molecule has 1 aliphatic heterocycles. The van der Waals surface area contributed by atoms with Crippen LogP contribution in [-0.2, 0) is 9.59 Å². The van der Waals surface area contributed by atoms with E-state index < -0.39 is 11.4 Å². The first kappa shape index (κ1) is 16.3. The molecule has 0 radical (unpaired) electrons. The van der Waals surface area contributed by atoms with Gasteiger partial charge in [-0.3, -0.25) is 9.59 Å². The second kappa shape index (κ2) is 7.25. The fraction of sp³-hybridized carbons (Fsp3) is 0.875. The van der Waals surface area contributed by atoms with Gasteiger partial charge < -0.3 is 15.1 Å². The summed E-state index contributed by atoms with van der Waals surface area (Å²) in [5.74, 6) is -0.529. The molecule has 1 amide bonds. The zero-order chi connectivity index (χ0) is 15.3. The molecule has 0 aromatic heterocycles. The zero-order valence-electron chi connectivity index (χ0n) is 12.7. The minimum absolute atomic E-state index is 0.0179. The molecule has 21 heavy (non-hydrogen) atoms. The van der Waals surface area contributed by atoms with Crippen LogP contribution in [-0.4, -0.2) is 46.7 Å². The van der Waals surface area contributed by atoms with Crippen molar-refractivity contribution in [2.75, 3.05) is 19.7 Å². The summed E-state index contributed by atoms with van der Waals surface area (Å²) in [6, 6.07) is 0. The van der Waals surface area contributed by atoms with E-state index in [0.717, 1.165) is 38.5 Å². The third kappa shape index (κ3) is 3.96. The van der Waals surface area contributed by atoms with Crippen molar-refractivity contribution < 1.29 is 19.8 Å². The number of aliphatic hydroxyl groups is 1. The standard InChI is InChI=1S/C16H27NO4/c18-12-13-5-9-17(10-6-13)14(19)11-16(15(20)21)7-3-1-2-4-8-16/h13,18H,1-12H2,(H,20,21). The Bertz CT molecular complexity index is 366. The Morgan fingerprint density at radius 2 is 1.62 bits per heavy atom. The monoisotopic (exact) mass is 297 g/mol. The molecule has 2 fully saturated rings. The second-order valence-electron chi connectivity index (χ2n) is 6.68. The van der Waals surface area contributed by atoms with Crippen molar-refractivity contribution in [3.8, 4) is 0 Å². The molecular weight excluding hydrogens is 270 g/mol. The van der Waals surface area contributed by atoms with Crippen LogP contribution < -0.4 is 0 Å². The van der Waals surface area contributed by atoms with Gasteiger partial charge in [-0.25, -0.2) is 0 Å². The molecule has 0 bridgehead atoms. The van der Waals surface area contributed by atoms with Crippen LogP contribution >= 0.6 is 0 Å². The molecule has 0 aromatic rings. The summed E-state index contributed by atoms with van der Waals surface area (Å²) in [6.07, 6.45) is 7.01. The number of rotatable bonds is 4. The van der Waals surface area contributed by atoms with E-state index >= 15 is 0 Å². The van der Waals surface area contributed by atoms with E-state index in [2.05, 4.69) is 0 Å². The Morgan fingerprint density at radius 1 is 1.05 bits per heavy atom. The molecule has 0 unspecified atom stereocenters. The van der Waals surface area contributed by atoms with Gasteiger partial charge in [0.1, 0.15) is 0 Å². The van der Waals surface area contributed by atoms with E-state index in [0.29, 0.717) is 31.8 Å². The first-order chi connectivity index (χ1) is 10.1. The molecule has 0 atom stereocenters. The van der Waals surface area contributed by atoms with Gasteiger partial charge in [-0.15, -0.1) is 0 Å². The average molecular weight is 297 g/mol. The third-order valence-electron chi connectivity index (χ3n) is 5.23. The number of hydrogen-bond acceptors (Lipinski definition) is 3. The van der Waals surface area contributed by atoms with Gasteiger partial charge in [-0.2, -0.15) is 0 Å². The number of hydrogen-bond donors (Lipinski definition) is 2. The van der Waals surface area contributed by atoms with Crippen molar-refractivity contribution in [1.82, 2.24) is 4.90 Å². The lowest BCUT2D eigenvalue weighted by Gasteiger charge is -2.34. The minimum Gasteiger partial charge on any atom is -0.481 e. The normalized spacial score (nSPS) is 23.6. The van der Waals surface area contributed by atoms with Crippen molar-refractivity contribution in [2.45, 2.75) is 57.8 Å². The molecule has 1 aliphatic carbocycles. The summed E-state index contributed by atoms with van der Waals surface area (Å²) in [4.78, 5) is 26.0. The van der Waals surface area contributed by atoms with Gasteiger partial charge in [-0.05, 0) is 31.6 Å². The third-order valence-corrected chi connectivity index (χ3v) is 5.23. The first-order valence-corrected chi connectivity index (χ1v) is 8.19. The molecule has 1 saturated carbocycles. The lowest BCUT2D eigenvalue weighted by Crippen LogP contribution is -2.43. The van der Waals surface area contributed by atoms with Gasteiger partial charge in [0.05, 0.1) is 5.41 Å². The maximum Gasteiger partial charge on any atom is 0.310 e. The van der Waals surface area contributed by atoms with Crippen molar-refractivity contribution in [2.24, 2.45) is 11.3 Å². The summed E-state index contributed by atoms with van der Waals surface area (Å²) < 4.78 is 0. The number of nitrogens with zero attached hydrogens (tertiary/aromatic N) is 1. The Balaban J connectivity index is 1.97. The number of carbonyl (C=O) groups is 2. The van der Waals surface area contributed by atoms with Crippen LogP contribution in [0.5, 0.6) is 0 Å². The molecule has 5 nitrogen and oxygen atoms in total. The molecule has 2 aliphatic rings. The fourth-order valence-electron chi connectivity index (χ4n) is 3.64.